The van der Waals surface area contributed by atoms with E-state index in [0.29, 0.717) is 18.0 Å². The Hall–Kier alpha value is -3.22. The van der Waals surface area contributed by atoms with Gasteiger partial charge in [-0.25, -0.2) is 9.97 Å². The summed E-state index contributed by atoms with van der Waals surface area (Å²) in [7, 11) is 1.55. The summed E-state index contributed by atoms with van der Waals surface area (Å²) in [6.07, 6.45) is 11.0. The minimum Gasteiger partial charge on any atom is -0.481 e. The zero-order valence-electron chi connectivity index (χ0n) is 15.9. The second kappa shape index (κ2) is 8.21. The average Bonchev–Trinajstić information content (AvgIpc) is 3.22. The van der Waals surface area contributed by atoms with Crippen LogP contribution in [0.5, 0.6) is 5.88 Å². The number of likely N-dealkylation sites (tertiary alicyclic amines) is 1. The van der Waals surface area contributed by atoms with Gasteiger partial charge in [0.15, 0.2) is 0 Å². The maximum atomic E-state index is 13.0. The van der Waals surface area contributed by atoms with Crippen LogP contribution in [0, 0.1) is 0 Å². The Balaban J connectivity index is 1.50. The molecular weight excluding hydrogens is 354 g/mol. The Labute approximate surface area is 164 Å². The topological polar surface area (TPSA) is 73.1 Å². The number of hydrogen-bond acceptors (Lipinski definition) is 5. The van der Waals surface area contributed by atoms with E-state index in [0.717, 1.165) is 31.8 Å². The molecule has 7 heteroatoms. The smallest absolute Gasteiger partial charge is 0.254 e. The molecule has 28 heavy (non-hydrogen) atoms. The molecule has 1 fully saturated rings. The van der Waals surface area contributed by atoms with E-state index in [4.69, 9.17) is 4.74 Å². The fourth-order valence-corrected chi connectivity index (χ4v) is 3.71. The van der Waals surface area contributed by atoms with Crippen LogP contribution in [0.1, 0.15) is 40.5 Å². The quantitative estimate of drug-likeness (QED) is 0.684. The van der Waals surface area contributed by atoms with Crippen molar-refractivity contribution in [3.63, 3.8) is 0 Å². The third kappa shape index (κ3) is 3.88. The third-order valence-corrected chi connectivity index (χ3v) is 5.11. The van der Waals surface area contributed by atoms with E-state index in [1.165, 1.54) is 5.56 Å². The van der Waals surface area contributed by atoms with Crippen molar-refractivity contribution in [1.29, 1.82) is 0 Å². The number of carbonyl (C=O) groups is 1. The number of amides is 1. The minimum absolute atomic E-state index is 0.0117. The Kier molecular flexibility index (Phi) is 5.32. The van der Waals surface area contributed by atoms with Gasteiger partial charge in [0.05, 0.1) is 7.11 Å². The van der Waals surface area contributed by atoms with Gasteiger partial charge in [-0.3, -0.25) is 9.78 Å². The van der Waals surface area contributed by atoms with Gasteiger partial charge >= 0.3 is 0 Å². The number of carbonyl (C=O) groups excluding carboxylic acids is 1. The summed E-state index contributed by atoms with van der Waals surface area (Å²) in [4.78, 5) is 27.6. The van der Waals surface area contributed by atoms with Crippen molar-refractivity contribution in [2.24, 2.45) is 0 Å². The number of methoxy groups -OCH3 is 1. The van der Waals surface area contributed by atoms with Crippen LogP contribution in [0.4, 0.5) is 0 Å². The molecule has 1 atom stereocenters. The summed E-state index contributed by atoms with van der Waals surface area (Å²) in [5, 5.41) is 0. The Bertz CT molecular complexity index is 941. The number of aromatic nitrogens is 4. The predicted molar refractivity (Wildman–Crippen MR) is 104 cm³/mol. The van der Waals surface area contributed by atoms with Crippen molar-refractivity contribution in [3.8, 4) is 5.88 Å². The maximum Gasteiger partial charge on any atom is 0.254 e. The summed E-state index contributed by atoms with van der Waals surface area (Å²) in [6.45, 7) is 2.17. The summed E-state index contributed by atoms with van der Waals surface area (Å²) in [5.41, 5.74) is 1.79. The van der Waals surface area contributed by atoms with Crippen molar-refractivity contribution in [3.05, 3.63) is 72.2 Å². The molecule has 4 heterocycles. The van der Waals surface area contributed by atoms with Crippen LogP contribution >= 0.6 is 0 Å². The van der Waals surface area contributed by atoms with Crippen LogP contribution in [0.2, 0.25) is 0 Å². The van der Waals surface area contributed by atoms with Crippen LogP contribution in [0.15, 0.2) is 55.2 Å². The highest BCUT2D eigenvalue weighted by Crippen LogP contribution is 2.27. The van der Waals surface area contributed by atoms with Crippen LogP contribution in [0.25, 0.3) is 0 Å². The molecule has 3 aromatic rings. The van der Waals surface area contributed by atoms with Gasteiger partial charge in [0.1, 0.15) is 5.82 Å². The first kappa shape index (κ1) is 18.2. The first-order valence-corrected chi connectivity index (χ1v) is 9.44. The molecule has 1 amide bonds. The average molecular weight is 377 g/mol. The van der Waals surface area contributed by atoms with E-state index in [2.05, 4.69) is 19.5 Å². The van der Waals surface area contributed by atoms with Crippen LogP contribution in [-0.4, -0.2) is 50.5 Å². The van der Waals surface area contributed by atoms with E-state index in [1.807, 2.05) is 29.4 Å². The monoisotopic (exact) mass is 377 g/mol. The minimum atomic E-state index is 0.0117. The summed E-state index contributed by atoms with van der Waals surface area (Å²) < 4.78 is 7.32. The van der Waals surface area contributed by atoms with Gasteiger partial charge in [0.25, 0.3) is 5.91 Å². The Morgan fingerprint density at radius 3 is 2.86 bits per heavy atom. The number of piperidine rings is 1. The van der Waals surface area contributed by atoms with Crippen molar-refractivity contribution in [2.45, 2.75) is 25.3 Å². The van der Waals surface area contributed by atoms with Gasteiger partial charge in [0.2, 0.25) is 5.88 Å². The van der Waals surface area contributed by atoms with E-state index >= 15 is 0 Å². The predicted octanol–water partition coefficient (Wildman–Crippen LogP) is 2.75. The third-order valence-electron chi connectivity index (χ3n) is 5.11. The van der Waals surface area contributed by atoms with E-state index in [1.54, 1.807) is 37.8 Å². The lowest BCUT2D eigenvalue weighted by Gasteiger charge is -2.32. The van der Waals surface area contributed by atoms with Crippen molar-refractivity contribution < 1.29 is 9.53 Å². The number of pyridine rings is 2. The molecule has 7 nitrogen and oxygen atoms in total. The fourth-order valence-electron chi connectivity index (χ4n) is 3.71. The number of ether oxygens (including phenoxy) is 1. The first-order valence-electron chi connectivity index (χ1n) is 9.44. The SMILES string of the molecule is COc1cc(C(=O)N2CCCC(c3nccn3Cc3ccncc3)C2)ccn1. The molecule has 3 aromatic heterocycles. The largest absolute Gasteiger partial charge is 0.481 e. The lowest BCUT2D eigenvalue weighted by atomic mass is 9.96. The lowest BCUT2D eigenvalue weighted by molar-refractivity contribution is 0.0703. The number of imidazole rings is 1. The number of nitrogens with zero attached hydrogens (tertiary/aromatic N) is 5. The highest BCUT2D eigenvalue weighted by molar-refractivity contribution is 5.94. The highest BCUT2D eigenvalue weighted by Gasteiger charge is 2.28. The van der Waals surface area contributed by atoms with Crippen LogP contribution in [0.3, 0.4) is 0 Å². The molecule has 0 N–H and O–H groups in total. The first-order chi connectivity index (χ1) is 13.7. The molecule has 4 rings (SSSR count). The number of hydrogen-bond donors (Lipinski definition) is 0. The van der Waals surface area contributed by atoms with E-state index in [9.17, 15) is 4.79 Å². The standard InChI is InChI=1S/C21H23N5O2/c1-28-19-13-17(6-9-23-19)21(27)26-11-2-3-18(15-26)20-24-10-12-25(20)14-16-4-7-22-8-5-16/h4-10,12-13,18H,2-3,11,14-15H2,1H3. The van der Waals surface area contributed by atoms with Crippen molar-refractivity contribution in [1.82, 2.24) is 24.4 Å². The zero-order valence-corrected chi connectivity index (χ0v) is 15.9. The van der Waals surface area contributed by atoms with Gasteiger partial charge < -0.3 is 14.2 Å². The summed E-state index contributed by atoms with van der Waals surface area (Å²) >= 11 is 0. The van der Waals surface area contributed by atoms with Crippen molar-refractivity contribution >= 4 is 5.91 Å². The molecule has 144 valence electrons. The molecule has 0 aliphatic carbocycles. The molecule has 1 unspecified atom stereocenters. The van der Waals surface area contributed by atoms with Crippen LogP contribution in [-0.2, 0) is 6.54 Å². The van der Waals surface area contributed by atoms with Gasteiger partial charge in [-0.15, -0.1) is 0 Å². The van der Waals surface area contributed by atoms with E-state index in [-0.39, 0.29) is 11.8 Å². The molecule has 0 aromatic carbocycles. The molecule has 1 saturated heterocycles. The molecule has 0 saturated carbocycles. The van der Waals surface area contributed by atoms with Crippen LogP contribution < -0.4 is 4.74 Å². The summed E-state index contributed by atoms with van der Waals surface area (Å²) in [6, 6.07) is 7.45. The molecule has 1 aliphatic heterocycles. The molecule has 1 aliphatic rings. The normalized spacial score (nSPS) is 16.8. The fraction of sp³-hybridized carbons (Fsp3) is 0.333. The van der Waals surface area contributed by atoms with Gasteiger partial charge in [-0.1, -0.05) is 0 Å². The molecular formula is C21H23N5O2. The molecule has 0 spiro atoms. The van der Waals surface area contributed by atoms with Crippen molar-refractivity contribution in [2.75, 3.05) is 20.2 Å². The summed E-state index contributed by atoms with van der Waals surface area (Å²) in [5.74, 6) is 1.71. The molecule has 0 bridgehead atoms. The van der Waals surface area contributed by atoms with Gasteiger partial charge in [-0.2, -0.15) is 0 Å². The number of rotatable bonds is 5. The van der Waals surface area contributed by atoms with Gasteiger partial charge in [-0.05, 0) is 36.6 Å². The maximum absolute atomic E-state index is 13.0. The molecule has 0 radical (unpaired) electrons. The highest BCUT2D eigenvalue weighted by atomic mass is 16.5. The Morgan fingerprint density at radius 1 is 1.18 bits per heavy atom. The second-order valence-electron chi connectivity index (χ2n) is 6.95. The van der Waals surface area contributed by atoms with Gasteiger partial charge in [0, 0.05) is 68.2 Å². The lowest BCUT2D eigenvalue weighted by Crippen LogP contribution is -2.39. The Morgan fingerprint density at radius 2 is 2.04 bits per heavy atom. The van der Waals surface area contributed by atoms with E-state index < -0.39 is 0 Å². The zero-order chi connectivity index (χ0) is 19.3. The second-order valence-corrected chi connectivity index (χ2v) is 6.95.